The van der Waals surface area contributed by atoms with Gasteiger partial charge >= 0.3 is 0 Å². The molecule has 1 amide bonds. The zero-order valence-electron chi connectivity index (χ0n) is 12.8. The van der Waals surface area contributed by atoms with E-state index in [-0.39, 0.29) is 18.5 Å². The van der Waals surface area contributed by atoms with Crippen LogP contribution in [-0.4, -0.2) is 44.8 Å². The van der Waals surface area contributed by atoms with E-state index >= 15 is 0 Å². The van der Waals surface area contributed by atoms with E-state index in [1.165, 1.54) is 6.20 Å². The number of nitrogens with one attached hydrogen (secondary N) is 3. The van der Waals surface area contributed by atoms with Crippen LogP contribution >= 0.6 is 0 Å². The van der Waals surface area contributed by atoms with Crippen molar-refractivity contribution in [2.24, 2.45) is 0 Å². The molecule has 2 aromatic rings. The Morgan fingerprint density at radius 2 is 2.08 bits per heavy atom. The highest BCUT2D eigenvalue weighted by atomic mass is 16.3. The first kappa shape index (κ1) is 16.3. The van der Waals surface area contributed by atoms with Gasteiger partial charge in [0.15, 0.2) is 0 Å². The number of rotatable bonds is 4. The number of carbonyl (C=O) groups is 1. The summed E-state index contributed by atoms with van der Waals surface area (Å²) in [6.45, 7) is -0.214. The molecule has 5 N–H and O–H groups in total. The summed E-state index contributed by atoms with van der Waals surface area (Å²) in [7, 11) is 0. The normalized spacial score (nSPS) is 23.2. The van der Waals surface area contributed by atoms with Crippen molar-refractivity contribution >= 4 is 11.9 Å². The van der Waals surface area contributed by atoms with Crippen LogP contribution in [0.4, 0.5) is 5.95 Å². The van der Waals surface area contributed by atoms with Gasteiger partial charge in [-0.15, -0.1) is 0 Å². The summed E-state index contributed by atoms with van der Waals surface area (Å²) in [5.74, 6) is -0.323. The third-order valence-electron chi connectivity index (χ3n) is 4.02. The highest BCUT2D eigenvalue weighted by Crippen LogP contribution is 2.24. The Kier molecular flexibility index (Phi) is 4.70. The Morgan fingerprint density at radius 1 is 1.33 bits per heavy atom. The lowest BCUT2D eigenvalue weighted by Crippen LogP contribution is -2.35. The number of nitrogens with zero attached hydrogens (tertiary/aromatic N) is 1. The zero-order valence-corrected chi connectivity index (χ0v) is 12.8. The van der Waals surface area contributed by atoms with Gasteiger partial charge in [0.05, 0.1) is 24.3 Å². The molecule has 24 heavy (non-hydrogen) atoms. The van der Waals surface area contributed by atoms with Crippen LogP contribution in [0.1, 0.15) is 28.4 Å². The van der Waals surface area contributed by atoms with Crippen LogP contribution in [0.5, 0.6) is 0 Å². The number of aromatic nitrogens is 2. The van der Waals surface area contributed by atoms with Gasteiger partial charge < -0.3 is 15.5 Å². The molecule has 3 atom stereocenters. The highest BCUT2D eigenvalue weighted by Gasteiger charge is 2.34. The molecule has 126 valence electrons. The van der Waals surface area contributed by atoms with Crippen molar-refractivity contribution in [3.63, 3.8) is 0 Å². The van der Waals surface area contributed by atoms with Gasteiger partial charge in [0, 0.05) is 17.8 Å². The number of benzene rings is 1. The summed E-state index contributed by atoms with van der Waals surface area (Å²) < 4.78 is 0. The van der Waals surface area contributed by atoms with Crippen molar-refractivity contribution in [1.82, 2.24) is 15.3 Å². The van der Waals surface area contributed by atoms with E-state index in [4.69, 9.17) is 5.11 Å². The zero-order chi connectivity index (χ0) is 17.1. The van der Waals surface area contributed by atoms with E-state index < -0.39 is 23.7 Å². The standard InChI is InChI=1S/C16H18N4O4/c21-8-12-13(22)6-11(18-12)10-7-17-16(20-15(10)24)19-14(23)9-4-2-1-3-5-9/h1-5,7,11-13,18,21-22H,6,8H2,(H2,17,19,20,23,24)/t11-,12-,13+/m1/s1. The molecule has 0 saturated carbocycles. The lowest BCUT2D eigenvalue weighted by atomic mass is 10.1. The van der Waals surface area contributed by atoms with Crippen LogP contribution < -0.4 is 16.2 Å². The van der Waals surface area contributed by atoms with Crippen molar-refractivity contribution in [3.05, 3.63) is 58.0 Å². The monoisotopic (exact) mass is 330 g/mol. The Hall–Kier alpha value is -2.55. The number of anilines is 1. The summed E-state index contributed by atoms with van der Waals surface area (Å²) in [6, 6.07) is 7.72. The van der Waals surface area contributed by atoms with Crippen LogP contribution in [0.3, 0.4) is 0 Å². The van der Waals surface area contributed by atoms with Gasteiger partial charge in [0.25, 0.3) is 11.5 Å². The number of amides is 1. The minimum Gasteiger partial charge on any atom is -0.395 e. The number of hydrogen-bond donors (Lipinski definition) is 5. The maximum atomic E-state index is 12.2. The Balaban J connectivity index is 1.74. The summed E-state index contributed by atoms with van der Waals surface area (Å²) in [5, 5.41) is 24.5. The topological polar surface area (TPSA) is 127 Å². The second kappa shape index (κ2) is 6.91. The first-order chi connectivity index (χ1) is 11.6. The first-order valence-electron chi connectivity index (χ1n) is 7.59. The lowest BCUT2D eigenvalue weighted by Gasteiger charge is -2.12. The quantitative estimate of drug-likeness (QED) is 0.527. The summed E-state index contributed by atoms with van der Waals surface area (Å²) in [6.07, 6.45) is 0.951. The minimum atomic E-state index is -0.725. The highest BCUT2D eigenvalue weighted by molar-refractivity contribution is 6.03. The third kappa shape index (κ3) is 3.35. The molecular formula is C16H18N4O4. The molecular weight excluding hydrogens is 312 g/mol. The van der Waals surface area contributed by atoms with Crippen molar-refractivity contribution in [1.29, 1.82) is 0 Å². The summed E-state index contributed by atoms with van der Waals surface area (Å²) >= 11 is 0. The van der Waals surface area contributed by atoms with Gasteiger partial charge in [0.2, 0.25) is 5.95 Å². The maximum Gasteiger partial charge on any atom is 0.257 e. The van der Waals surface area contributed by atoms with Crippen LogP contribution in [-0.2, 0) is 0 Å². The fraction of sp³-hybridized carbons (Fsp3) is 0.312. The van der Waals surface area contributed by atoms with E-state index in [1.807, 2.05) is 0 Å². The average Bonchev–Trinajstić information content (AvgIpc) is 2.96. The molecule has 0 spiro atoms. The molecule has 1 aromatic heterocycles. The Labute approximate surface area is 137 Å². The van der Waals surface area contributed by atoms with Gasteiger partial charge in [-0.25, -0.2) is 4.98 Å². The number of hydrogen-bond acceptors (Lipinski definition) is 6. The van der Waals surface area contributed by atoms with Gasteiger partial charge in [-0.2, -0.15) is 0 Å². The van der Waals surface area contributed by atoms with Gasteiger partial charge in [-0.1, -0.05) is 18.2 Å². The predicted molar refractivity (Wildman–Crippen MR) is 86.6 cm³/mol. The SMILES string of the molecule is O=C(Nc1ncc([C@H]2C[C@H](O)[C@@H](CO)N2)c(=O)[nH]1)c1ccccc1. The Bertz CT molecular complexity index is 777. The van der Waals surface area contributed by atoms with E-state index in [2.05, 4.69) is 20.6 Å². The summed E-state index contributed by atoms with van der Waals surface area (Å²) in [4.78, 5) is 30.8. The minimum absolute atomic E-state index is 0.0508. The van der Waals surface area contributed by atoms with Gasteiger partial charge in [-0.05, 0) is 18.6 Å². The van der Waals surface area contributed by atoms with E-state index in [9.17, 15) is 14.7 Å². The number of aliphatic hydroxyl groups excluding tert-OH is 2. The van der Waals surface area contributed by atoms with Crippen molar-refractivity contribution in [2.45, 2.75) is 24.6 Å². The number of carbonyl (C=O) groups excluding carboxylic acids is 1. The molecule has 0 unspecified atom stereocenters. The molecule has 2 heterocycles. The van der Waals surface area contributed by atoms with Gasteiger partial charge in [-0.3, -0.25) is 19.9 Å². The number of aromatic amines is 1. The smallest absolute Gasteiger partial charge is 0.257 e. The molecule has 1 aliphatic rings. The maximum absolute atomic E-state index is 12.2. The van der Waals surface area contributed by atoms with Crippen LogP contribution in [0, 0.1) is 0 Å². The molecule has 0 radical (unpaired) electrons. The van der Waals surface area contributed by atoms with Crippen molar-refractivity contribution in [2.75, 3.05) is 11.9 Å². The predicted octanol–water partition coefficient (Wildman–Crippen LogP) is -0.222. The fourth-order valence-electron chi connectivity index (χ4n) is 2.72. The van der Waals surface area contributed by atoms with E-state index in [0.717, 1.165) is 0 Å². The van der Waals surface area contributed by atoms with Gasteiger partial charge in [0.1, 0.15) is 0 Å². The van der Waals surface area contributed by atoms with Crippen LogP contribution in [0.25, 0.3) is 0 Å². The Morgan fingerprint density at radius 3 is 2.71 bits per heavy atom. The molecule has 1 aromatic carbocycles. The largest absolute Gasteiger partial charge is 0.395 e. The van der Waals surface area contributed by atoms with Crippen LogP contribution in [0.15, 0.2) is 41.3 Å². The molecule has 3 rings (SSSR count). The van der Waals surface area contributed by atoms with E-state index in [1.54, 1.807) is 30.3 Å². The summed E-state index contributed by atoms with van der Waals surface area (Å²) in [5.41, 5.74) is 0.398. The van der Waals surface area contributed by atoms with E-state index in [0.29, 0.717) is 17.5 Å². The fourth-order valence-corrected chi connectivity index (χ4v) is 2.72. The molecule has 0 bridgehead atoms. The van der Waals surface area contributed by atoms with Crippen molar-refractivity contribution < 1.29 is 15.0 Å². The molecule has 1 saturated heterocycles. The number of H-pyrrole nitrogens is 1. The number of aliphatic hydroxyl groups is 2. The second-order valence-electron chi connectivity index (χ2n) is 5.65. The first-order valence-corrected chi connectivity index (χ1v) is 7.59. The average molecular weight is 330 g/mol. The molecule has 1 fully saturated rings. The third-order valence-corrected chi connectivity index (χ3v) is 4.02. The molecule has 8 nitrogen and oxygen atoms in total. The molecule has 8 heteroatoms. The lowest BCUT2D eigenvalue weighted by molar-refractivity contribution is 0.102. The second-order valence-corrected chi connectivity index (χ2v) is 5.65. The molecule has 1 aliphatic heterocycles. The molecule has 0 aliphatic carbocycles. The van der Waals surface area contributed by atoms with Crippen LogP contribution in [0.2, 0.25) is 0 Å². The van der Waals surface area contributed by atoms with Crippen molar-refractivity contribution in [3.8, 4) is 0 Å².